The molecule has 4 aromatic rings. The molecule has 0 amide bonds. The summed E-state index contributed by atoms with van der Waals surface area (Å²) in [5.74, 6) is -0.170. The van der Waals surface area contributed by atoms with Gasteiger partial charge < -0.3 is 10.4 Å². The highest BCUT2D eigenvalue weighted by atomic mass is 35.5. The third kappa shape index (κ3) is 6.26. The number of ketones is 1. The molecule has 1 aromatic carbocycles. The fraction of sp³-hybridized carbons (Fsp3) is 0.308. The van der Waals surface area contributed by atoms with Gasteiger partial charge in [-0.15, -0.1) is 11.3 Å². The average Bonchev–Trinajstić information content (AvgIpc) is 3.46. The largest absolute Gasteiger partial charge is 0.393 e. The van der Waals surface area contributed by atoms with Gasteiger partial charge in [0.1, 0.15) is 12.1 Å². The van der Waals surface area contributed by atoms with E-state index in [1.165, 1.54) is 23.9 Å². The normalized spacial score (nSPS) is 19.4. The molecule has 1 fully saturated rings. The number of carbonyl (C=O) groups excluding carboxylic acids is 1. The van der Waals surface area contributed by atoms with Crippen molar-refractivity contribution in [1.82, 2.24) is 15.0 Å². The van der Waals surface area contributed by atoms with E-state index in [0.29, 0.717) is 40.7 Å². The van der Waals surface area contributed by atoms with Gasteiger partial charge in [-0.2, -0.15) is 8.42 Å². The molecule has 0 spiro atoms. The number of hydrogen-bond donors (Lipinski definition) is 3. The molecule has 3 atom stereocenters. The van der Waals surface area contributed by atoms with E-state index in [1.54, 1.807) is 6.20 Å². The van der Waals surface area contributed by atoms with Crippen LogP contribution < -0.4 is 10.5 Å². The van der Waals surface area contributed by atoms with Crippen molar-refractivity contribution in [2.75, 3.05) is 18.5 Å². The van der Waals surface area contributed by atoms with E-state index >= 15 is 0 Å². The van der Waals surface area contributed by atoms with Gasteiger partial charge in [-0.1, -0.05) is 17.7 Å². The van der Waals surface area contributed by atoms with Crippen LogP contribution >= 0.6 is 22.9 Å². The minimum Gasteiger partial charge on any atom is -0.393 e. The van der Waals surface area contributed by atoms with E-state index in [4.69, 9.17) is 16.7 Å². The zero-order chi connectivity index (χ0) is 27.7. The highest BCUT2D eigenvalue weighted by Gasteiger charge is 2.34. The molecule has 0 radical (unpaired) electrons. The molecule has 13 heteroatoms. The number of thiophene rings is 1. The second-order valence-electron chi connectivity index (χ2n) is 9.54. The maximum absolute atomic E-state index is 13.6. The SMILES string of the molecule is Cc1sc(C(=O)c2cncnc2NC[C@@H]2C[C@H](COS(N)(=O)=O)[C@@H](O)C2)cc1-c1nccc2ccc(Cl)cc12. The average molecular weight is 588 g/mol. The summed E-state index contributed by atoms with van der Waals surface area (Å²) in [5, 5.41) is 20.9. The molecule has 1 saturated carbocycles. The fourth-order valence-corrected chi connectivity index (χ4v) is 6.45. The number of nitrogens with two attached hydrogens (primary N) is 1. The van der Waals surface area contributed by atoms with Gasteiger partial charge >= 0.3 is 10.3 Å². The Labute approximate surface area is 234 Å². The third-order valence-corrected chi connectivity index (χ3v) is 8.59. The second-order valence-corrected chi connectivity index (χ2v) is 12.5. The summed E-state index contributed by atoms with van der Waals surface area (Å²) in [7, 11) is -4.07. The summed E-state index contributed by atoms with van der Waals surface area (Å²) in [5.41, 5.74) is 1.94. The first-order chi connectivity index (χ1) is 18.6. The van der Waals surface area contributed by atoms with E-state index in [-0.39, 0.29) is 24.2 Å². The van der Waals surface area contributed by atoms with E-state index < -0.39 is 16.4 Å². The molecule has 10 nitrogen and oxygen atoms in total. The lowest BCUT2D eigenvalue weighted by molar-refractivity contribution is 0.100. The second kappa shape index (κ2) is 11.2. The van der Waals surface area contributed by atoms with Crippen molar-refractivity contribution < 1.29 is 22.5 Å². The fourth-order valence-electron chi connectivity index (χ4n) is 4.94. The minimum absolute atomic E-state index is 0.0202. The summed E-state index contributed by atoms with van der Waals surface area (Å²) in [4.78, 5) is 28.0. The van der Waals surface area contributed by atoms with Gasteiger partial charge in [-0.05, 0) is 55.3 Å². The highest BCUT2D eigenvalue weighted by molar-refractivity contribution is 7.84. The molecule has 39 heavy (non-hydrogen) atoms. The van der Waals surface area contributed by atoms with Crippen molar-refractivity contribution >= 4 is 55.6 Å². The molecular formula is C26H26ClN5O5S2. The Bertz CT molecular complexity index is 1650. The predicted octanol–water partition coefficient (Wildman–Crippen LogP) is 3.97. The van der Waals surface area contributed by atoms with E-state index in [1.807, 2.05) is 37.3 Å². The van der Waals surface area contributed by atoms with Crippen LogP contribution in [0.4, 0.5) is 5.82 Å². The molecule has 0 aliphatic heterocycles. The summed E-state index contributed by atoms with van der Waals surface area (Å²) in [6.45, 7) is 2.20. The number of aliphatic hydroxyl groups excluding tert-OH is 1. The minimum atomic E-state index is -4.07. The molecule has 1 aliphatic carbocycles. The van der Waals surface area contributed by atoms with Crippen LogP contribution in [0.15, 0.2) is 49.1 Å². The van der Waals surface area contributed by atoms with Crippen molar-refractivity contribution in [1.29, 1.82) is 0 Å². The van der Waals surface area contributed by atoms with Crippen LogP contribution in [-0.2, 0) is 14.5 Å². The van der Waals surface area contributed by atoms with Crippen molar-refractivity contribution in [3.63, 3.8) is 0 Å². The molecule has 4 N–H and O–H groups in total. The van der Waals surface area contributed by atoms with E-state index in [2.05, 4.69) is 24.5 Å². The van der Waals surface area contributed by atoms with Crippen molar-refractivity contribution in [2.24, 2.45) is 17.0 Å². The molecule has 0 saturated heterocycles. The lowest BCUT2D eigenvalue weighted by Crippen LogP contribution is -2.24. The van der Waals surface area contributed by atoms with Gasteiger partial charge in [0.15, 0.2) is 0 Å². The topological polar surface area (TPSA) is 157 Å². The predicted molar refractivity (Wildman–Crippen MR) is 150 cm³/mol. The molecule has 0 bridgehead atoms. The Kier molecular flexibility index (Phi) is 7.94. The van der Waals surface area contributed by atoms with Gasteiger partial charge in [0.05, 0.1) is 28.8 Å². The van der Waals surface area contributed by atoms with Crippen LogP contribution in [0, 0.1) is 18.8 Å². The lowest BCUT2D eigenvalue weighted by Gasteiger charge is -2.14. The number of aliphatic hydroxyl groups is 1. The molecule has 0 unspecified atom stereocenters. The monoisotopic (exact) mass is 587 g/mol. The number of pyridine rings is 1. The number of carbonyl (C=O) groups is 1. The number of nitrogens with one attached hydrogen (secondary N) is 1. The van der Waals surface area contributed by atoms with Crippen LogP contribution in [-0.4, -0.2) is 53.5 Å². The van der Waals surface area contributed by atoms with Gasteiger partial charge in [0, 0.05) is 45.7 Å². The van der Waals surface area contributed by atoms with Crippen molar-refractivity contribution in [3.05, 3.63) is 69.4 Å². The Balaban J connectivity index is 1.33. The summed E-state index contributed by atoms with van der Waals surface area (Å²) in [6, 6.07) is 9.40. The van der Waals surface area contributed by atoms with Crippen molar-refractivity contribution in [3.8, 4) is 11.3 Å². The maximum atomic E-state index is 13.6. The number of halogens is 1. The van der Waals surface area contributed by atoms with E-state index in [0.717, 1.165) is 26.9 Å². The standard InChI is InChI=1S/C26H26ClN5O5S2/c1-14-19(24-20-8-18(27)3-2-16(20)4-5-30-24)9-23(38-14)25(34)21-11-29-13-32-26(21)31-10-15-6-17(22(33)7-15)12-37-39(28,35)36/h2-5,8-9,11,13,15,17,22,33H,6-7,10,12H2,1H3,(H2,28,35,36)(H,29,31,32)/t15-,17-,22+/m1/s1. The third-order valence-electron chi connectivity index (χ3n) is 6.84. The summed E-state index contributed by atoms with van der Waals surface area (Å²) >= 11 is 7.62. The number of benzene rings is 1. The Hall–Kier alpha value is -3.00. The Morgan fingerprint density at radius 2 is 2.08 bits per heavy atom. The number of rotatable bonds is 9. The zero-order valence-electron chi connectivity index (χ0n) is 20.9. The van der Waals surface area contributed by atoms with E-state index in [9.17, 15) is 18.3 Å². The van der Waals surface area contributed by atoms with Gasteiger partial charge in [0.2, 0.25) is 5.78 Å². The first-order valence-corrected chi connectivity index (χ1v) is 14.8. The molecular weight excluding hydrogens is 562 g/mol. The Morgan fingerprint density at radius 1 is 1.26 bits per heavy atom. The molecule has 5 rings (SSSR count). The van der Waals surface area contributed by atoms with Crippen LogP contribution in [0.2, 0.25) is 5.02 Å². The maximum Gasteiger partial charge on any atom is 0.333 e. The first kappa shape index (κ1) is 27.6. The van der Waals surface area contributed by atoms with Gasteiger partial charge in [0.25, 0.3) is 0 Å². The lowest BCUT2D eigenvalue weighted by atomic mass is 10.0. The number of nitrogens with zero attached hydrogens (tertiary/aromatic N) is 3. The first-order valence-electron chi connectivity index (χ1n) is 12.2. The zero-order valence-corrected chi connectivity index (χ0v) is 23.3. The van der Waals surface area contributed by atoms with Crippen LogP contribution in [0.5, 0.6) is 0 Å². The molecule has 3 aromatic heterocycles. The van der Waals surface area contributed by atoms with Gasteiger partial charge in [-0.25, -0.2) is 15.1 Å². The van der Waals surface area contributed by atoms with Crippen LogP contribution in [0.25, 0.3) is 22.0 Å². The number of aryl methyl sites for hydroxylation is 1. The summed E-state index contributed by atoms with van der Waals surface area (Å²) < 4.78 is 26.8. The number of hydrogen-bond acceptors (Lipinski definition) is 10. The Morgan fingerprint density at radius 3 is 2.87 bits per heavy atom. The molecule has 204 valence electrons. The van der Waals surface area contributed by atoms with Gasteiger partial charge in [-0.3, -0.25) is 14.0 Å². The summed E-state index contributed by atoms with van der Waals surface area (Å²) in [6.07, 6.45) is 4.86. The molecule has 1 aliphatic rings. The number of anilines is 1. The smallest absolute Gasteiger partial charge is 0.333 e. The quantitative estimate of drug-likeness (QED) is 0.246. The van der Waals surface area contributed by atoms with Crippen molar-refractivity contribution in [2.45, 2.75) is 25.9 Å². The number of aromatic nitrogens is 3. The van der Waals surface area contributed by atoms with Crippen LogP contribution in [0.1, 0.15) is 33.0 Å². The van der Waals surface area contributed by atoms with Crippen LogP contribution in [0.3, 0.4) is 0 Å². The molecule has 3 heterocycles. The highest BCUT2D eigenvalue weighted by Crippen LogP contribution is 2.36. The number of fused-ring (bicyclic) bond motifs is 1.